The number of allylic oxidation sites excluding steroid dienone is 1. The summed E-state index contributed by atoms with van der Waals surface area (Å²) >= 11 is 1.71. The lowest BCUT2D eigenvalue weighted by atomic mass is 10.0. The normalized spacial score (nSPS) is 16.2. The number of nitrogens with zero attached hydrogens (tertiary/aromatic N) is 3. The van der Waals surface area contributed by atoms with Gasteiger partial charge in [0, 0.05) is 24.4 Å². The van der Waals surface area contributed by atoms with Crippen LogP contribution in [0.3, 0.4) is 0 Å². The number of hydrogen-bond donors (Lipinski definition) is 0. The minimum atomic E-state index is 0.549. The largest absolute Gasteiger partial charge is 0.361 e. The zero-order valence-corrected chi connectivity index (χ0v) is 14.1. The molecule has 0 N–H and O–H groups in total. The van der Waals surface area contributed by atoms with Crippen LogP contribution in [0.15, 0.2) is 59.6 Å². The highest BCUT2D eigenvalue weighted by atomic mass is 32.2. The third kappa shape index (κ3) is 3.45. The lowest BCUT2D eigenvalue weighted by molar-refractivity contribution is 0.355. The number of nitriles is 2. The Morgan fingerprint density at radius 1 is 1.04 bits per heavy atom. The van der Waals surface area contributed by atoms with Crippen molar-refractivity contribution in [2.24, 2.45) is 0 Å². The quantitative estimate of drug-likeness (QED) is 0.783. The van der Waals surface area contributed by atoms with Crippen LogP contribution in [0.2, 0.25) is 0 Å². The van der Waals surface area contributed by atoms with E-state index >= 15 is 0 Å². The first-order chi connectivity index (χ1) is 11.8. The fourth-order valence-electron chi connectivity index (χ4n) is 2.82. The van der Waals surface area contributed by atoms with Gasteiger partial charge in [0.05, 0.1) is 22.2 Å². The molecule has 24 heavy (non-hydrogen) atoms. The minimum Gasteiger partial charge on any atom is -0.361 e. The van der Waals surface area contributed by atoms with E-state index in [0.29, 0.717) is 11.1 Å². The van der Waals surface area contributed by atoms with Crippen LogP contribution in [0.4, 0.5) is 0 Å². The van der Waals surface area contributed by atoms with Crippen molar-refractivity contribution in [1.82, 2.24) is 4.90 Å². The Balaban J connectivity index is 2.02. The first-order valence-electron chi connectivity index (χ1n) is 7.89. The second kappa shape index (κ2) is 7.73. The molecule has 0 radical (unpaired) electrons. The third-order valence-corrected chi connectivity index (χ3v) is 5.19. The Bertz CT molecular complexity index is 828. The van der Waals surface area contributed by atoms with Gasteiger partial charge in [-0.05, 0) is 18.1 Å². The van der Waals surface area contributed by atoms with Crippen LogP contribution < -0.4 is 0 Å². The molecule has 0 atom stereocenters. The molecule has 0 aliphatic carbocycles. The predicted molar refractivity (Wildman–Crippen MR) is 97.6 cm³/mol. The van der Waals surface area contributed by atoms with Gasteiger partial charge in [-0.2, -0.15) is 10.5 Å². The van der Waals surface area contributed by atoms with Crippen molar-refractivity contribution in [2.45, 2.75) is 13.0 Å². The molecule has 0 spiro atoms. The predicted octanol–water partition coefficient (Wildman–Crippen LogP) is 4.39. The van der Waals surface area contributed by atoms with E-state index in [0.717, 1.165) is 35.9 Å². The molecule has 2 aromatic rings. The molecule has 0 unspecified atom stereocenters. The van der Waals surface area contributed by atoms with E-state index in [4.69, 9.17) is 0 Å². The molecule has 1 saturated heterocycles. The van der Waals surface area contributed by atoms with Gasteiger partial charge in [-0.15, -0.1) is 11.8 Å². The van der Waals surface area contributed by atoms with Gasteiger partial charge in [-0.3, -0.25) is 0 Å². The van der Waals surface area contributed by atoms with Crippen LogP contribution in [-0.2, 0) is 6.54 Å². The Morgan fingerprint density at radius 2 is 1.79 bits per heavy atom. The third-order valence-electron chi connectivity index (χ3n) is 3.96. The average molecular weight is 331 g/mol. The molecule has 0 bridgehead atoms. The van der Waals surface area contributed by atoms with Crippen molar-refractivity contribution < 1.29 is 0 Å². The van der Waals surface area contributed by atoms with E-state index in [1.165, 1.54) is 5.56 Å². The van der Waals surface area contributed by atoms with E-state index < -0.39 is 0 Å². The summed E-state index contributed by atoms with van der Waals surface area (Å²) in [6.07, 6.45) is 1.10. The summed E-state index contributed by atoms with van der Waals surface area (Å²) in [5.41, 5.74) is 3.11. The van der Waals surface area contributed by atoms with Gasteiger partial charge in [0.2, 0.25) is 0 Å². The van der Waals surface area contributed by atoms with Gasteiger partial charge >= 0.3 is 0 Å². The van der Waals surface area contributed by atoms with Crippen molar-refractivity contribution >= 4 is 17.3 Å². The van der Waals surface area contributed by atoms with Crippen LogP contribution >= 0.6 is 11.8 Å². The SMILES string of the molecule is N#C/C(=C1/SCCCN1Cc1ccccc1)c1ccccc1C#N. The van der Waals surface area contributed by atoms with Gasteiger partial charge in [0.25, 0.3) is 0 Å². The van der Waals surface area contributed by atoms with Crippen LogP contribution in [-0.4, -0.2) is 17.2 Å². The first-order valence-corrected chi connectivity index (χ1v) is 8.87. The zero-order valence-electron chi connectivity index (χ0n) is 13.3. The molecule has 1 aliphatic rings. The molecule has 1 fully saturated rings. The van der Waals surface area contributed by atoms with Gasteiger partial charge in [0.1, 0.15) is 6.07 Å². The number of benzene rings is 2. The van der Waals surface area contributed by atoms with Crippen molar-refractivity contribution in [3.63, 3.8) is 0 Å². The first kappa shape index (κ1) is 16.2. The summed E-state index contributed by atoms with van der Waals surface area (Å²) < 4.78 is 0. The van der Waals surface area contributed by atoms with E-state index in [2.05, 4.69) is 29.2 Å². The van der Waals surface area contributed by atoms with Crippen LogP contribution in [0.1, 0.15) is 23.1 Å². The molecule has 3 nitrogen and oxygen atoms in total. The summed E-state index contributed by atoms with van der Waals surface area (Å²) in [5.74, 6) is 1.00. The monoisotopic (exact) mass is 331 g/mol. The molecular formula is C20H17N3S. The molecule has 4 heteroatoms. The molecule has 118 valence electrons. The van der Waals surface area contributed by atoms with Gasteiger partial charge in [0.15, 0.2) is 0 Å². The number of rotatable bonds is 3. The van der Waals surface area contributed by atoms with Crippen molar-refractivity contribution in [2.75, 3.05) is 12.3 Å². The second-order valence-corrected chi connectivity index (χ2v) is 6.64. The molecule has 1 heterocycles. The Morgan fingerprint density at radius 3 is 2.54 bits per heavy atom. The maximum atomic E-state index is 9.78. The number of thioether (sulfide) groups is 1. The standard InChI is InChI=1S/C20H17N3S/c21-13-17-9-4-5-10-18(17)19(14-22)20-23(11-6-12-24-20)15-16-7-2-1-3-8-16/h1-5,7-10H,6,11-12,15H2/b20-19-. The maximum absolute atomic E-state index is 9.78. The fourth-order valence-corrected chi connectivity index (χ4v) is 3.93. The average Bonchev–Trinajstić information content (AvgIpc) is 2.65. The van der Waals surface area contributed by atoms with E-state index in [1.54, 1.807) is 17.8 Å². The van der Waals surface area contributed by atoms with E-state index in [1.807, 2.05) is 36.4 Å². The highest BCUT2D eigenvalue weighted by Gasteiger charge is 2.22. The zero-order chi connectivity index (χ0) is 16.8. The molecule has 0 amide bonds. The minimum absolute atomic E-state index is 0.549. The van der Waals surface area contributed by atoms with Gasteiger partial charge in [-0.1, -0.05) is 48.5 Å². The van der Waals surface area contributed by atoms with E-state index in [-0.39, 0.29) is 0 Å². The Labute approximate surface area is 146 Å². The molecule has 0 aromatic heterocycles. The number of hydrogen-bond acceptors (Lipinski definition) is 4. The van der Waals surface area contributed by atoms with Crippen LogP contribution in [0, 0.1) is 22.7 Å². The van der Waals surface area contributed by atoms with E-state index in [9.17, 15) is 10.5 Å². The highest BCUT2D eigenvalue weighted by molar-refractivity contribution is 8.03. The molecule has 1 aliphatic heterocycles. The van der Waals surface area contributed by atoms with Crippen LogP contribution in [0.5, 0.6) is 0 Å². The summed E-state index contributed by atoms with van der Waals surface area (Å²) in [4.78, 5) is 2.26. The Kier molecular flexibility index (Phi) is 5.21. The summed E-state index contributed by atoms with van der Waals surface area (Å²) in [6.45, 7) is 1.71. The lowest BCUT2D eigenvalue weighted by Gasteiger charge is -2.32. The topological polar surface area (TPSA) is 50.8 Å². The van der Waals surface area contributed by atoms with Gasteiger partial charge < -0.3 is 4.90 Å². The molecule has 3 rings (SSSR count). The molecular weight excluding hydrogens is 314 g/mol. The maximum Gasteiger partial charge on any atom is 0.103 e. The van der Waals surface area contributed by atoms with Crippen LogP contribution in [0.25, 0.3) is 5.57 Å². The second-order valence-electron chi connectivity index (χ2n) is 5.56. The fraction of sp³-hybridized carbons (Fsp3) is 0.200. The smallest absolute Gasteiger partial charge is 0.103 e. The molecule has 0 saturated carbocycles. The molecule has 2 aromatic carbocycles. The summed E-state index contributed by atoms with van der Waals surface area (Å²) in [5, 5.41) is 20.1. The highest BCUT2D eigenvalue weighted by Crippen LogP contribution is 2.35. The van der Waals surface area contributed by atoms with Crippen molar-refractivity contribution in [3.8, 4) is 12.1 Å². The Hall–Kier alpha value is -2.69. The lowest BCUT2D eigenvalue weighted by Crippen LogP contribution is -2.27. The van der Waals surface area contributed by atoms with Gasteiger partial charge in [-0.25, -0.2) is 0 Å². The summed E-state index contributed by atoms with van der Waals surface area (Å²) in [6, 6.07) is 22.2. The summed E-state index contributed by atoms with van der Waals surface area (Å²) in [7, 11) is 0. The van der Waals surface area contributed by atoms with Crippen molar-refractivity contribution in [1.29, 1.82) is 10.5 Å². The van der Waals surface area contributed by atoms with Crippen molar-refractivity contribution in [3.05, 3.63) is 76.3 Å².